The summed E-state index contributed by atoms with van der Waals surface area (Å²) in [6, 6.07) is 0. The molecule has 1 rings (SSSR count). The lowest BCUT2D eigenvalue weighted by Crippen LogP contribution is -2.17. The number of allylic oxidation sites excluding steroid dienone is 1. The second-order valence-corrected chi connectivity index (χ2v) is 2.72. The van der Waals surface area contributed by atoms with Gasteiger partial charge >= 0.3 is 5.97 Å². The van der Waals surface area contributed by atoms with Crippen molar-refractivity contribution in [2.24, 2.45) is 5.92 Å². The van der Waals surface area contributed by atoms with Crippen LogP contribution in [0, 0.1) is 5.92 Å². The van der Waals surface area contributed by atoms with Gasteiger partial charge in [0, 0.05) is 12.0 Å². The van der Waals surface area contributed by atoms with E-state index in [0.29, 0.717) is 0 Å². The SMILES string of the molecule is O=C(O)/C=C/C1C=CC(O)=CC1O. The Balaban J connectivity index is 2.65. The first kappa shape index (κ1) is 9.54. The summed E-state index contributed by atoms with van der Waals surface area (Å²) in [6.07, 6.45) is 5.70. The van der Waals surface area contributed by atoms with E-state index in [1.54, 1.807) is 6.08 Å². The highest BCUT2D eigenvalue weighted by atomic mass is 16.4. The molecule has 0 fully saturated rings. The number of rotatable bonds is 2. The van der Waals surface area contributed by atoms with E-state index < -0.39 is 12.1 Å². The van der Waals surface area contributed by atoms with Crippen LogP contribution in [0.15, 0.2) is 36.1 Å². The van der Waals surface area contributed by atoms with Gasteiger partial charge in [-0.2, -0.15) is 0 Å². The van der Waals surface area contributed by atoms with Crippen LogP contribution >= 0.6 is 0 Å². The molecule has 2 atom stereocenters. The van der Waals surface area contributed by atoms with Crippen LogP contribution in [0.3, 0.4) is 0 Å². The number of carboxylic acid groups (broad SMARTS) is 1. The maximum atomic E-state index is 10.2. The molecule has 4 nitrogen and oxygen atoms in total. The third kappa shape index (κ3) is 2.76. The zero-order chi connectivity index (χ0) is 9.84. The quantitative estimate of drug-likeness (QED) is 0.547. The van der Waals surface area contributed by atoms with Gasteiger partial charge in [-0.3, -0.25) is 0 Å². The topological polar surface area (TPSA) is 77.8 Å². The molecule has 0 aromatic rings. The van der Waals surface area contributed by atoms with Gasteiger partial charge < -0.3 is 15.3 Å². The number of hydrogen-bond donors (Lipinski definition) is 3. The molecule has 0 bridgehead atoms. The minimum atomic E-state index is -1.06. The lowest BCUT2D eigenvalue weighted by molar-refractivity contribution is -0.131. The Bertz CT molecular complexity index is 288. The lowest BCUT2D eigenvalue weighted by Gasteiger charge is -2.16. The molecule has 3 N–H and O–H groups in total. The van der Waals surface area contributed by atoms with E-state index in [9.17, 15) is 9.90 Å². The first-order valence-electron chi connectivity index (χ1n) is 3.78. The number of aliphatic carboxylic acids is 1. The third-order valence-corrected chi connectivity index (χ3v) is 1.69. The Labute approximate surface area is 75.1 Å². The van der Waals surface area contributed by atoms with E-state index in [1.165, 1.54) is 18.2 Å². The summed E-state index contributed by atoms with van der Waals surface area (Å²) < 4.78 is 0. The highest BCUT2D eigenvalue weighted by Gasteiger charge is 2.15. The van der Waals surface area contributed by atoms with E-state index in [0.717, 1.165) is 6.08 Å². The molecular weight excluding hydrogens is 172 g/mol. The molecule has 0 saturated carbocycles. The molecular formula is C9H10O4. The van der Waals surface area contributed by atoms with Crippen LogP contribution in [0.25, 0.3) is 0 Å². The van der Waals surface area contributed by atoms with Crippen molar-refractivity contribution >= 4 is 5.97 Å². The van der Waals surface area contributed by atoms with Gasteiger partial charge in [-0.05, 0) is 12.2 Å². The van der Waals surface area contributed by atoms with Crippen LogP contribution in [0.2, 0.25) is 0 Å². The van der Waals surface area contributed by atoms with E-state index in [-0.39, 0.29) is 11.7 Å². The highest BCUT2D eigenvalue weighted by Crippen LogP contribution is 2.16. The average Bonchev–Trinajstić information content (AvgIpc) is 2.02. The zero-order valence-corrected chi connectivity index (χ0v) is 6.79. The fourth-order valence-corrected chi connectivity index (χ4v) is 1.04. The van der Waals surface area contributed by atoms with E-state index in [1.807, 2.05) is 0 Å². The van der Waals surface area contributed by atoms with E-state index in [4.69, 9.17) is 10.2 Å². The van der Waals surface area contributed by atoms with Crippen molar-refractivity contribution < 1.29 is 20.1 Å². The van der Waals surface area contributed by atoms with Gasteiger partial charge in [0.1, 0.15) is 5.76 Å². The minimum Gasteiger partial charge on any atom is -0.508 e. The molecule has 0 saturated heterocycles. The molecule has 0 aliphatic heterocycles. The summed E-state index contributed by atoms with van der Waals surface area (Å²) in [5, 5.41) is 26.6. The number of aliphatic hydroxyl groups excluding tert-OH is 2. The van der Waals surface area contributed by atoms with Crippen LogP contribution in [-0.4, -0.2) is 27.4 Å². The predicted octanol–water partition coefficient (Wildman–Crippen LogP) is 0.616. The maximum Gasteiger partial charge on any atom is 0.327 e. The van der Waals surface area contributed by atoms with Crippen LogP contribution in [-0.2, 0) is 4.79 Å². The van der Waals surface area contributed by atoms with Crippen LogP contribution in [0.4, 0.5) is 0 Å². The van der Waals surface area contributed by atoms with E-state index >= 15 is 0 Å². The molecule has 0 aromatic carbocycles. The predicted molar refractivity (Wildman–Crippen MR) is 46.1 cm³/mol. The largest absolute Gasteiger partial charge is 0.508 e. The normalized spacial score (nSPS) is 27.6. The molecule has 70 valence electrons. The molecule has 0 amide bonds. The fourth-order valence-electron chi connectivity index (χ4n) is 1.04. The van der Waals surface area contributed by atoms with Crippen LogP contribution < -0.4 is 0 Å². The van der Waals surface area contributed by atoms with Crippen molar-refractivity contribution in [3.8, 4) is 0 Å². The standard InChI is InChI=1S/C9H10O4/c10-7-3-1-6(8(11)5-7)2-4-9(12)13/h1-6,8,10-11H,(H,12,13)/b4-2+. The highest BCUT2D eigenvalue weighted by molar-refractivity contribution is 5.79. The summed E-state index contributed by atoms with van der Waals surface area (Å²) in [7, 11) is 0. The number of carboxylic acids is 1. The molecule has 1 aliphatic rings. The molecule has 1 aliphatic carbocycles. The minimum absolute atomic E-state index is 0.00697. The van der Waals surface area contributed by atoms with Gasteiger partial charge in [-0.1, -0.05) is 12.2 Å². The van der Waals surface area contributed by atoms with Crippen LogP contribution in [0.1, 0.15) is 0 Å². The Morgan fingerprint density at radius 2 is 2.23 bits per heavy atom. The van der Waals surface area contributed by atoms with Gasteiger partial charge in [0.25, 0.3) is 0 Å². The average molecular weight is 182 g/mol. The first-order valence-corrected chi connectivity index (χ1v) is 3.78. The van der Waals surface area contributed by atoms with Crippen molar-refractivity contribution in [1.29, 1.82) is 0 Å². The summed E-state index contributed by atoms with van der Waals surface area (Å²) in [5.41, 5.74) is 0. The Hall–Kier alpha value is -1.55. The Morgan fingerprint density at radius 1 is 1.54 bits per heavy atom. The van der Waals surface area contributed by atoms with Gasteiger partial charge in [0.2, 0.25) is 0 Å². The van der Waals surface area contributed by atoms with Crippen molar-refractivity contribution in [1.82, 2.24) is 0 Å². The van der Waals surface area contributed by atoms with Crippen molar-refractivity contribution in [2.45, 2.75) is 6.10 Å². The molecule has 4 heteroatoms. The molecule has 0 heterocycles. The zero-order valence-electron chi connectivity index (χ0n) is 6.79. The molecule has 13 heavy (non-hydrogen) atoms. The smallest absolute Gasteiger partial charge is 0.327 e. The number of hydrogen-bond acceptors (Lipinski definition) is 3. The number of carbonyl (C=O) groups is 1. The second kappa shape index (κ2) is 3.91. The molecule has 0 radical (unpaired) electrons. The second-order valence-electron chi connectivity index (χ2n) is 2.72. The summed E-state index contributed by atoms with van der Waals surface area (Å²) in [6.45, 7) is 0. The van der Waals surface area contributed by atoms with Gasteiger partial charge in [-0.25, -0.2) is 4.79 Å². The van der Waals surface area contributed by atoms with Crippen molar-refractivity contribution in [3.63, 3.8) is 0 Å². The van der Waals surface area contributed by atoms with E-state index in [2.05, 4.69) is 0 Å². The Kier molecular flexibility index (Phi) is 2.87. The first-order chi connectivity index (χ1) is 6.09. The molecule has 0 spiro atoms. The van der Waals surface area contributed by atoms with Gasteiger partial charge in [-0.15, -0.1) is 0 Å². The summed E-state index contributed by atoms with van der Waals surface area (Å²) in [4.78, 5) is 10.2. The van der Waals surface area contributed by atoms with Crippen molar-refractivity contribution in [2.75, 3.05) is 0 Å². The maximum absolute atomic E-state index is 10.2. The Morgan fingerprint density at radius 3 is 2.77 bits per heavy atom. The van der Waals surface area contributed by atoms with Crippen LogP contribution in [0.5, 0.6) is 0 Å². The lowest BCUT2D eigenvalue weighted by atomic mass is 9.96. The molecule has 0 aromatic heterocycles. The number of aliphatic hydroxyl groups is 2. The molecule has 2 unspecified atom stereocenters. The monoisotopic (exact) mass is 182 g/mol. The summed E-state index contributed by atoms with van der Waals surface area (Å²) >= 11 is 0. The third-order valence-electron chi connectivity index (χ3n) is 1.69. The van der Waals surface area contributed by atoms with Crippen molar-refractivity contribution in [3.05, 3.63) is 36.1 Å². The van der Waals surface area contributed by atoms with Gasteiger partial charge in [0.15, 0.2) is 0 Å². The van der Waals surface area contributed by atoms with Gasteiger partial charge in [0.05, 0.1) is 6.10 Å². The fraction of sp³-hybridized carbons (Fsp3) is 0.222. The summed E-state index contributed by atoms with van der Waals surface area (Å²) in [5.74, 6) is -1.45.